The Balaban J connectivity index is 2.38. The molecule has 1 amide bonds. The maximum Gasteiger partial charge on any atom is 0.238 e. The van der Waals surface area contributed by atoms with Crippen LogP contribution in [0.25, 0.3) is 0 Å². The summed E-state index contributed by atoms with van der Waals surface area (Å²) in [5.74, 6) is -0.0999. The van der Waals surface area contributed by atoms with Crippen LogP contribution in [0.4, 0.5) is 5.69 Å². The average Bonchev–Trinajstić information content (AvgIpc) is 2.59. The van der Waals surface area contributed by atoms with Crippen LogP contribution in [0.3, 0.4) is 0 Å². The Hall–Kier alpha value is -1.36. The number of hydrogen-bond acceptors (Lipinski definition) is 3. The molecule has 1 aromatic carbocycles. The van der Waals surface area contributed by atoms with Gasteiger partial charge in [-0.2, -0.15) is 0 Å². The Morgan fingerprint density at radius 2 is 1.90 bits per heavy atom. The van der Waals surface area contributed by atoms with Crippen LogP contribution in [0.1, 0.15) is 32.3 Å². The molecule has 0 N–H and O–H groups in total. The third-order valence-corrected chi connectivity index (χ3v) is 5.88. The quantitative estimate of drug-likeness (QED) is 0.836. The molecular weight excluding hydrogens is 274 g/mol. The van der Waals surface area contributed by atoms with Gasteiger partial charge in [0.05, 0.1) is 16.9 Å². The van der Waals surface area contributed by atoms with E-state index in [0.29, 0.717) is 6.42 Å². The number of unbranched alkanes of at least 4 members (excludes halogenated alkanes) is 1. The molecule has 1 aliphatic heterocycles. The van der Waals surface area contributed by atoms with Crippen LogP contribution in [0.15, 0.2) is 24.3 Å². The number of para-hydroxylation sites is 1. The Morgan fingerprint density at radius 1 is 1.25 bits per heavy atom. The van der Waals surface area contributed by atoms with E-state index in [4.69, 9.17) is 0 Å². The molecule has 4 nitrogen and oxygen atoms in total. The average molecular weight is 295 g/mol. The minimum atomic E-state index is -3.23. The molecule has 1 atom stereocenters. The second-order valence-corrected chi connectivity index (χ2v) is 7.84. The number of benzene rings is 1. The number of amides is 1. The molecule has 5 heteroatoms. The predicted octanol–water partition coefficient (Wildman–Crippen LogP) is 2.14. The molecule has 0 fully saturated rings. The third kappa shape index (κ3) is 2.46. The van der Waals surface area contributed by atoms with Gasteiger partial charge in [0.2, 0.25) is 5.91 Å². The van der Waals surface area contributed by atoms with E-state index in [0.717, 1.165) is 17.7 Å². The molecule has 0 unspecified atom stereocenters. The number of anilines is 1. The topological polar surface area (TPSA) is 54.5 Å². The van der Waals surface area contributed by atoms with E-state index in [9.17, 15) is 13.2 Å². The van der Waals surface area contributed by atoms with Crippen molar-refractivity contribution in [3.63, 3.8) is 0 Å². The molecule has 0 saturated carbocycles. The summed E-state index contributed by atoms with van der Waals surface area (Å²) in [5.41, 5.74) is 0.663. The summed E-state index contributed by atoms with van der Waals surface area (Å²) in [4.78, 5) is 14.1. The van der Waals surface area contributed by atoms with Crippen molar-refractivity contribution >= 4 is 21.4 Å². The predicted molar refractivity (Wildman–Crippen MR) is 80.8 cm³/mol. The van der Waals surface area contributed by atoms with Crippen molar-refractivity contribution in [2.75, 3.05) is 23.5 Å². The molecule has 2 rings (SSSR count). The smallest absolute Gasteiger partial charge is 0.238 e. The second kappa shape index (κ2) is 5.20. The maximum absolute atomic E-state index is 12.5. The van der Waals surface area contributed by atoms with Crippen molar-refractivity contribution in [1.29, 1.82) is 0 Å². The fraction of sp³-hybridized carbons (Fsp3) is 0.533. The van der Waals surface area contributed by atoms with Crippen LogP contribution in [-0.4, -0.2) is 32.9 Å². The fourth-order valence-electron chi connectivity index (χ4n) is 2.84. The van der Waals surface area contributed by atoms with Crippen molar-refractivity contribution in [3.05, 3.63) is 29.8 Å². The van der Waals surface area contributed by atoms with Gasteiger partial charge in [0.15, 0.2) is 9.84 Å². The minimum absolute atomic E-state index is 0.111. The number of fused-ring (bicyclic) bond motifs is 1. The van der Waals surface area contributed by atoms with E-state index in [2.05, 4.69) is 0 Å². The van der Waals surface area contributed by atoms with E-state index >= 15 is 0 Å². The molecule has 1 heterocycles. The van der Waals surface area contributed by atoms with Gasteiger partial charge in [0.1, 0.15) is 0 Å². The van der Waals surface area contributed by atoms with Gasteiger partial charge in [-0.15, -0.1) is 0 Å². The van der Waals surface area contributed by atoms with Crippen molar-refractivity contribution < 1.29 is 13.2 Å². The molecular formula is C15H21NO3S. The summed E-state index contributed by atoms with van der Waals surface area (Å²) in [6.45, 7) is 3.70. The summed E-state index contributed by atoms with van der Waals surface area (Å²) in [7, 11) is -1.53. The first-order valence-corrected chi connectivity index (χ1v) is 8.72. The van der Waals surface area contributed by atoms with Crippen molar-refractivity contribution in [3.8, 4) is 0 Å². The molecule has 1 aromatic rings. The summed E-state index contributed by atoms with van der Waals surface area (Å²) in [6.07, 6.45) is 1.48. The summed E-state index contributed by atoms with van der Waals surface area (Å²) in [6, 6.07) is 7.42. The monoisotopic (exact) mass is 295 g/mol. The second-order valence-electron chi connectivity index (χ2n) is 5.66. The molecule has 1 aliphatic rings. The van der Waals surface area contributed by atoms with Crippen molar-refractivity contribution in [2.24, 2.45) is 0 Å². The van der Waals surface area contributed by atoms with E-state index < -0.39 is 15.3 Å². The highest BCUT2D eigenvalue weighted by molar-refractivity contribution is 7.91. The number of carbonyl (C=O) groups excluding carboxylic acids is 1. The third-order valence-electron chi connectivity index (χ3n) is 3.95. The van der Waals surface area contributed by atoms with Crippen LogP contribution in [-0.2, 0) is 20.0 Å². The van der Waals surface area contributed by atoms with Gasteiger partial charge in [-0.1, -0.05) is 31.5 Å². The van der Waals surface area contributed by atoms with Crippen molar-refractivity contribution in [2.45, 2.75) is 32.1 Å². The normalized spacial score (nSPS) is 22.1. The van der Waals surface area contributed by atoms with Gasteiger partial charge in [-0.3, -0.25) is 4.79 Å². The highest BCUT2D eigenvalue weighted by Crippen LogP contribution is 2.41. The summed E-state index contributed by atoms with van der Waals surface area (Å²) >= 11 is 0. The van der Waals surface area contributed by atoms with E-state index in [1.54, 1.807) is 18.9 Å². The van der Waals surface area contributed by atoms with Gasteiger partial charge in [-0.25, -0.2) is 8.42 Å². The maximum atomic E-state index is 12.5. The summed E-state index contributed by atoms with van der Waals surface area (Å²) < 4.78 is 24.5. The van der Waals surface area contributed by atoms with Crippen molar-refractivity contribution in [1.82, 2.24) is 0 Å². The number of sulfone groups is 1. The first-order chi connectivity index (χ1) is 9.32. The molecule has 20 heavy (non-hydrogen) atoms. The number of carbonyl (C=O) groups is 1. The van der Waals surface area contributed by atoms with Gasteiger partial charge in [-0.05, 0) is 25.0 Å². The molecule has 0 aliphatic carbocycles. The molecule has 0 saturated heterocycles. The molecule has 110 valence electrons. The zero-order valence-corrected chi connectivity index (χ0v) is 13.0. The van der Waals surface area contributed by atoms with E-state index in [1.165, 1.54) is 0 Å². The fourth-order valence-corrected chi connectivity index (χ4v) is 4.87. The number of rotatable bonds is 5. The lowest BCUT2D eigenvalue weighted by Gasteiger charge is -2.23. The number of likely N-dealkylation sites (N-methyl/N-ethyl adjacent to an activating group) is 1. The Morgan fingerprint density at radius 3 is 2.55 bits per heavy atom. The highest BCUT2D eigenvalue weighted by Gasteiger charge is 2.48. The first kappa shape index (κ1) is 15.0. The lowest BCUT2D eigenvalue weighted by Crippen LogP contribution is -2.42. The number of hydrogen-bond donors (Lipinski definition) is 0. The summed E-state index contributed by atoms with van der Waals surface area (Å²) in [5, 5.41) is 0. The standard InChI is InChI=1S/C15H21NO3S/c1-4-5-10-20(18,19)11-15(2)12-8-6-7-9-13(12)16(3)14(15)17/h6-9H,4-5,10-11H2,1-3H3/t15-/m1/s1. The SMILES string of the molecule is CCCCS(=O)(=O)C[C@@]1(C)C(=O)N(C)c2ccccc21. The van der Waals surface area contributed by atoms with E-state index in [1.807, 2.05) is 31.2 Å². The Kier molecular flexibility index (Phi) is 3.91. The van der Waals surface area contributed by atoms with Gasteiger partial charge >= 0.3 is 0 Å². The number of nitrogens with zero attached hydrogens (tertiary/aromatic N) is 1. The van der Waals surface area contributed by atoms with Gasteiger partial charge in [0, 0.05) is 12.7 Å². The van der Waals surface area contributed by atoms with Crippen LogP contribution in [0.5, 0.6) is 0 Å². The molecule has 0 bridgehead atoms. The zero-order valence-electron chi connectivity index (χ0n) is 12.2. The lowest BCUT2D eigenvalue weighted by atomic mass is 9.86. The minimum Gasteiger partial charge on any atom is -0.314 e. The Labute approximate surface area is 120 Å². The Bertz CT molecular complexity index is 624. The van der Waals surface area contributed by atoms with Gasteiger partial charge in [0.25, 0.3) is 0 Å². The van der Waals surface area contributed by atoms with Gasteiger partial charge < -0.3 is 4.90 Å². The van der Waals surface area contributed by atoms with Crippen LogP contribution < -0.4 is 4.90 Å². The molecule has 0 spiro atoms. The first-order valence-electron chi connectivity index (χ1n) is 6.90. The molecule has 0 aromatic heterocycles. The largest absolute Gasteiger partial charge is 0.314 e. The zero-order chi connectivity index (χ0) is 15.0. The van der Waals surface area contributed by atoms with E-state index in [-0.39, 0.29) is 17.4 Å². The van der Waals surface area contributed by atoms with Crippen LogP contribution in [0, 0.1) is 0 Å². The lowest BCUT2D eigenvalue weighted by molar-refractivity contribution is -0.121. The highest BCUT2D eigenvalue weighted by atomic mass is 32.2. The molecule has 0 radical (unpaired) electrons. The van der Waals surface area contributed by atoms with Crippen LogP contribution in [0.2, 0.25) is 0 Å². The van der Waals surface area contributed by atoms with Crippen LogP contribution >= 0.6 is 0 Å².